The van der Waals surface area contributed by atoms with Crippen LogP contribution in [-0.2, 0) is 6.42 Å². The number of H-pyrrole nitrogens is 1. The number of rotatable bonds is 4. The van der Waals surface area contributed by atoms with E-state index in [1.807, 2.05) is 6.07 Å². The van der Waals surface area contributed by atoms with E-state index in [1.165, 1.54) is 21.8 Å². The first-order valence-corrected chi connectivity index (χ1v) is 5.37. The van der Waals surface area contributed by atoms with Gasteiger partial charge in [-0.3, -0.25) is 4.99 Å². The Hall–Kier alpha value is -1.48. The average molecular weight is 216 g/mol. The van der Waals surface area contributed by atoms with Gasteiger partial charge >= 0.3 is 0 Å². The van der Waals surface area contributed by atoms with E-state index in [9.17, 15) is 0 Å². The molecule has 0 unspecified atom stereocenters. The van der Waals surface area contributed by atoms with Gasteiger partial charge in [-0.15, -0.1) is 0 Å². The number of aromatic amines is 1. The number of aromatic nitrogens is 1. The molecule has 0 spiro atoms. The van der Waals surface area contributed by atoms with Gasteiger partial charge in [0.25, 0.3) is 0 Å². The number of thiocarbonyl (C=S) groups is 1. The summed E-state index contributed by atoms with van der Waals surface area (Å²) in [6.07, 6.45) is 4.67. The zero-order valence-electron chi connectivity index (χ0n) is 8.31. The lowest BCUT2D eigenvalue weighted by molar-refractivity contribution is 0.983. The Kier molecular flexibility index (Phi) is 3.25. The van der Waals surface area contributed by atoms with Crippen molar-refractivity contribution < 1.29 is 0 Å². The zero-order valence-corrected chi connectivity index (χ0v) is 9.13. The Morgan fingerprint density at radius 2 is 2.20 bits per heavy atom. The first-order chi connectivity index (χ1) is 7.42. The fraction of sp³-hybridized carbons (Fsp3) is 0.167. The van der Waals surface area contributed by atoms with Crippen molar-refractivity contribution in [3.8, 4) is 0 Å². The maximum absolute atomic E-state index is 4.66. The highest BCUT2D eigenvalue weighted by molar-refractivity contribution is 7.80. The molecule has 1 heterocycles. The fourth-order valence-electron chi connectivity index (χ4n) is 1.64. The molecule has 2 nitrogen and oxygen atoms in total. The van der Waals surface area contributed by atoms with Crippen LogP contribution in [0.3, 0.4) is 0 Å². The fourth-order valence-corrected chi connectivity index (χ4v) is 1.73. The summed E-state index contributed by atoms with van der Waals surface area (Å²) in [5.41, 5.74) is 2.50. The van der Waals surface area contributed by atoms with Gasteiger partial charge in [-0.05, 0) is 18.1 Å². The first-order valence-electron chi connectivity index (χ1n) is 4.90. The van der Waals surface area contributed by atoms with Crippen molar-refractivity contribution in [2.45, 2.75) is 6.42 Å². The van der Waals surface area contributed by atoms with E-state index in [0.29, 0.717) is 0 Å². The average Bonchev–Trinajstić information content (AvgIpc) is 2.68. The highest BCUT2D eigenvalue weighted by Crippen LogP contribution is 2.17. The number of aliphatic imine (C=N–C) groups is 1. The summed E-state index contributed by atoms with van der Waals surface area (Å²) in [6, 6.07) is 8.30. The monoisotopic (exact) mass is 216 g/mol. The molecule has 0 aliphatic rings. The first kappa shape index (κ1) is 10.1. The predicted octanol–water partition coefficient (Wildman–Crippen LogP) is 2.78. The van der Waals surface area contributed by atoms with Crippen LogP contribution >= 0.6 is 12.2 Å². The minimum absolute atomic E-state index is 0.787. The molecule has 1 N–H and O–H groups in total. The number of benzene rings is 1. The van der Waals surface area contributed by atoms with Gasteiger partial charge < -0.3 is 4.98 Å². The van der Waals surface area contributed by atoms with Crippen molar-refractivity contribution in [2.24, 2.45) is 4.99 Å². The molecule has 1 aromatic carbocycles. The molecule has 0 saturated carbocycles. The summed E-state index contributed by atoms with van der Waals surface area (Å²) < 4.78 is 0. The van der Waals surface area contributed by atoms with Crippen LogP contribution < -0.4 is 0 Å². The van der Waals surface area contributed by atoms with Gasteiger partial charge in [-0.25, -0.2) is 0 Å². The van der Waals surface area contributed by atoms with Gasteiger partial charge in [-0.1, -0.05) is 30.4 Å². The minimum Gasteiger partial charge on any atom is -0.361 e. The number of hydrogen-bond acceptors (Lipinski definition) is 2. The van der Waals surface area contributed by atoms with Crippen LogP contribution in [-0.4, -0.2) is 23.1 Å². The Balaban J connectivity index is 2.14. The van der Waals surface area contributed by atoms with Crippen molar-refractivity contribution in [3.63, 3.8) is 0 Å². The third-order valence-corrected chi connectivity index (χ3v) is 2.47. The van der Waals surface area contributed by atoms with E-state index in [2.05, 4.69) is 46.6 Å². The van der Waals surface area contributed by atoms with Crippen molar-refractivity contribution in [1.29, 1.82) is 0 Å². The highest BCUT2D eigenvalue weighted by Gasteiger charge is 2.00. The lowest BCUT2D eigenvalue weighted by Crippen LogP contribution is -1.88. The quantitative estimate of drug-likeness (QED) is 0.617. The summed E-state index contributed by atoms with van der Waals surface area (Å²) >= 11 is 4.66. The molecule has 0 radical (unpaired) electrons. The van der Waals surface area contributed by atoms with Crippen LogP contribution in [0.5, 0.6) is 0 Å². The minimum atomic E-state index is 0.787. The maximum Gasteiger partial charge on any atom is 0.0456 e. The summed E-state index contributed by atoms with van der Waals surface area (Å²) in [7, 11) is 0. The molecule has 0 atom stereocenters. The number of nitrogens with one attached hydrogen (secondary N) is 1. The molecule has 76 valence electrons. The molecule has 0 amide bonds. The second-order valence-electron chi connectivity index (χ2n) is 3.30. The summed E-state index contributed by atoms with van der Waals surface area (Å²) in [5.74, 6) is 0. The summed E-state index contributed by atoms with van der Waals surface area (Å²) in [5, 5.41) is 2.82. The zero-order chi connectivity index (χ0) is 10.5. The number of fused-ring (bicyclic) bond motifs is 1. The standard InChI is InChI=1S/C12H12N2S/c15-8-7-13-6-5-10-9-14-12-4-2-1-3-11(10)12/h1-4,7-9,14H,5-6H2. The molecule has 2 aromatic rings. The van der Waals surface area contributed by atoms with Gasteiger partial charge in [0.05, 0.1) is 0 Å². The Morgan fingerprint density at radius 3 is 3.07 bits per heavy atom. The summed E-state index contributed by atoms with van der Waals surface area (Å²) in [6.45, 7) is 0.787. The van der Waals surface area contributed by atoms with Crippen LogP contribution in [0.2, 0.25) is 0 Å². The molecular weight excluding hydrogens is 204 g/mol. The highest BCUT2D eigenvalue weighted by atomic mass is 32.1. The van der Waals surface area contributed by atoms with E-state index in [4.69, 9.17) is 0 Å². The van der Waals surface area contributed by atoms with Crippen molar-refractivity contribution >= 4 is 34.7 Å². The van der Waals surface area contributed by atoms with E-state index in [1.54, 1.807) is 6.21 Å². The van der Waals surface area contributed by atoms with E-state index in [0.717, 1.165) is 13.0 Å². The Bertz CT molecular complexity index is 485. The smallest absolute Gasteiger partial charge is 0.0456 e. The molecule has 2 rings (SSSR count). The second-order valence-corrected chi connectivity index (χ2v) is 3.57. The Morgan fingerprint density at radius 1 is 1.33 bits per heavy atom. The van der Waals surface area contributed by atoms with Crippen LogP contribution in [0, 0.1) is 0 Å². The largest absolute Gasteiger partial charge is 0.361 e. The van der Waals surface area contributed by atoms with E-state index >= 15 is 0 Å². The molecular formula is C12H12N2S. The number of hydrogen-bond donors (Lipinski definition) is 1. The van der Waals surface area contributed by atoms with Crippen LogP contribution in [0.1, 0.15) is 5.56 Å². The Labute approximate surface area is 94.0 Å². The molecule has 0 bridgehead atoms. The lowest BCUT2D eigenvalue weighted by Gasteiger charge is -1.94. The van der Waals surface area contributed by atoms with Gasteiger partial charge in [-0.2, -0.15) is 0 Å². The third-order valence-electron chi connectivity index (χ3n) is 2.35. The van der Waals surface area contributed by atoms with Crippen LogP contribution in [0.4, 0.5) is 0 Å². The van der Waals surface area contributed by atoms with Crippen LogP contribution in [0.25, 0.3) is 10.9 Å². The predicted molar refractivity (Wildman–Crippen MR) is 69.0 cm³/mol. The third kappa shape index (κ3) is 2.30. The van der Waals surface area contributed by atoms with E-state index < -0.39 is 0 Å². The normalized spacial score (nSPS) is 11.2. The summed E-state index contributed by atoms with van der Waals surface area (Å²) in [4.78, 5) is 7.42. The SMILES string of the molecule is S=CC=NCCc1c[nH]c2ccccc12. The molecule has 0 saturated heterocycles. The van der Waals surface area contributed by atoms with Gasteiger partial charge in [0, 0.05) is 35.2 Å². The topological polar surface area (TPSA) is 28.1 Å². The van der Waals surface area contributed by atoms with Gasteiger partial charge in [0.1, 0.15) is 0 Å². The maximum atomic E-state index is 4.66. The molecule has 0 fully saturated rings. The molecule has 0 aliphatic heterocycles. The molecule has 1 aromatic heterocycles. The lowest BCUT2D eigenvalue weighted by atomic mass is 10.1. The molecule has 15 heavy (non-hydrogen) atoms. The molecule has 3 heteroatoms. The number of para-hydroxylation sites is 1. The number of nitrogens with zero attached hydrogens (tertiary/aromatic N) is 1. The molecule has 0 aliphatic carbocycles. The van der Waals surface area contributed by atoms with Gasteiger partial charge in [0.2, 0.25) is 0 Å². The van der Waals surface area contributed by atoms with E-state index in [-0.39, 0.29) is 0 Å². The van der Waals surface area contributed by atoms with Crippen molar-refractivity contribution in [1.82, 2.24) is 4.98 Å². The van der Waals surface area contributed by atoms with Crippen LogP contribution in [0.15, 0.2) is 35.5 Å². The van der Waals surface area contributed by atoms with Crippen molar-refractivity contribution in [3.05, 3.63) is 36.0 Å². The van der Waals surface area contributed by atoms with Crippen molar-refractivity contribution in [2.75, 3.05) is 6.54 Å². The second kappa shape index (κ2) is 4.84. The van der Waals surface area contributed by atoms with Gasteiger partial charge in [0.15, 0.2) is 0 Å².